The molecule has 0 saturated heterocycles. The van der Waals surface area contributed by atoms with Crippen LogP contribution in [0.4, 0.5) is 0 Å². The lowest BCUT2D eigenvalue weighted by molar-refractivity contribution is 0.101. The molecule has 0 heterocycles. The molecular weight excluding hydrogens is 625 g/mol. The molecule has 0 spiro atoms. The smallest absolute Gasteiger partial charge is 0.171 e. The van der Waals surface area contributed by atoms with Crippen LogP contribution in [0.3, 0.4) is 0 Å². The van der Waals surface area contributed by atoms with Crippen LogP contribution in [0.15, 0.2) is 18.2 Å². The van der Waals surface area contributed by atoms with Crippen molar-refractivity contribution in [2.75, 3.05) is 13.2 Å². The van der Waals surface area contributed by atoms with Crippen molar-refractivity contribution in [2.45, 2.75) is 252 Å². The van der Waals surface area contributed by atoms with Gasteiger partial charge in [0.2, 0.25) is 0 Å². The summed E-state index contributed by atoms with van der Waals surface area (Å²) >= 11 is 0. The van der Waals surface area contributed by atoms with E-state index in [0.29, 0.717) is 24.5 Å². The van der Waals surface area contributed by atoms with Crippen molar-refractivity contribution in [3.05, 3.63) is 23.8 Å². The fraction of sp³-hybridized carbons (Fsp3) is 0.854. The number of benzene rings is 1. The highest BCUT2D eigenvalue weighted by atomic mass is 16.5. The van der Waals surface area contributed by atoms with Gasteiger partial charge in [-0.25, -0.2) is 0 Å². The quantitative estimate of drug-likeness (QED) is 0.0501. The Balaban J connectivity index is 2.01. The van der Waals surface area contributed by atoms with E-state index in [0.717, 1.165) is 18.6 Å². The summed E-state index contributed by atoms with van der Waals surface area (Å²) in [6.07, 6.45) is 49.6. The van der Waals surface area contributed by atoms with Crippen LogP contribution in [-0.4, -0.2) is 19.0 Å². The van der Waals surface area contributed by atoms with E-state index in [1.165, 1.54) is 218 Å². The van der Waals surface area contributed by atoms with Crippen LogP contribution in [0.1, 0.15) is 262 Å². The Bertz CT molecular complexity index is 864. The maximum Gasteiger partial charge on any atom is 0.171 e. The molecule has 1 aromatic carbocycles. The van der Waals surface area contributed by atoms with E-state index >= 15 is 0 Å². The van der Waals surface area contributed by atoms with Crippen molar-refractivity contribution in [3.63, 3.8) is 0 Å². The number of ether oxygens (including phenoxy) is 2. The topological polar surface area (TPSA) is 35.5 Å². The average molecular weight is 713 g/mol. The van der Waals surface area contributed by atoms with E-state index in [2.05, 4.69) is 13.8 Å². The summed E-state index contributed by atoms with van der Waals surface area (Å²) in [7, 11) is 0. The fourth-order valence-electron chi connectivity index (χ4n) is 7.42. The zero-order valence-electron chi connectivity index (χ0n) is 34.8. The standard InChI is InChI=1S/C48H88O3/c1-4-6-8-10-12-14-16-18-20-22-24-26-28-30-32-34-36-38-43-50-47-42-40-41-46(45(3)49)48(47)51-44-39-37-35-33-31-29-27-25-23-21-19-17-15-13-11-9-7-5-2/h40-42H,4-39,43-44H2,1-3H3. The van der Waals surface area contributed by atoms with Crippen molar-refractivity contribution in [1.29, 1.82) is 0 Å². The normalized spacial score (nSPS) is 11.4. The SMILES string of the molecule is CCCCCCCCCCCCCCCCCCCCOc1cccc(C(C)=O)c1OCCCCCCCCCCCCCCCCCCCC. The minimum atomic E-state index is 0.0430. The molecule has 0 atom stereocenters. The largest absolute Gasteiger partial charge is 0.490 e. The molecule has 0 saturated carbocycles. The molecule has 0 bridgehead atoms. The molecule has 298 valence electrons. The predicted octanol–water partition coefficient (Wildman–Crippen LogP) is 16.7. The molecule has 0 unspecified atom stereocenters. The van der Waals surface area contributed by atoms with Gasteiger partial charge in [-0.15, -0.1) is 0 Å². The Morgan fingerprint density at radius 3 is 0.961 bits per heavy atom. The third-order valence-electron chi connectivity index (χ3n) is 10.9. The van der Waals surface area contributed by atoms with Crippen molar-refractivity contribution >= 4 is 5.78 Å². The van der Waals surface area contributed by atoms with E-state index < -0.39 is 0 Å². The minimum Gasteiger partial charge on any atom is -0.490 e. The molecule has 0 fully saturated rings. The molecule has 51 heavy (non-hydrogen) atoms. The molecule has 0 amide bonds. The van der Waals surface area contributed by atoms with Gasteiger partial charge in [0, 0.05) is 0 Å². The lowest BCUT2D eigenvalue weighted by atomic mass is 10.0. The van der Waals surface area contributed by atoms with E-state index in [1.54, 1.807) is 6.92 Å². The van der Waals surface area contributed by atoms with Crippen molar-refractivity contribution < 1.29 is 14.3 Å². The van der Waals surface area contributed by atoms with Crippen molar-refractivity contribution in [3.8, 4) is 11.5 Å². The first-order valence-electron chi connectivity index (χ1n) is 23.1. The number of unbranched alkanes of at least 4 members (excludes halogenated alkanes) is 34. The van der Waals surface area contributed by atoms with E-state index in [9.17, 15) is 4.79 Å². The molecule has 1 aromatic rings. The van der Waals surface area contributed by atoms with Gasteiger partial charge in [-0.2, -0.15) is 0 Å². The second-order valence-electron chi connectivity index (χ2n) is 15.9. The van der Waals surface area contributed by atoms with Crippen LogP contribution in [0.2, 0.25) is 0 Å². The summed E-state index contributed by atoms with van der Waals surface area (Å²) in [5, 5.41) is 0. The number of para-hydroxylation sites is 1. The second-order valence-corrected chi connectivity index (χ2v) is 15.9. The minimum absolute atomic E-state index is 0.0430. The highest BCUT2D eigenvalue weighted by Gasteiger charge is 2.14. The Kier molecular flexibility index (Phi) is 35.6. The molecule has 1 rings (SSSR count). The number of carbonyl (C=O) groups is 1. The van der Waals surface area contributed by atoms with Gasteiger partial charge in [0.25, 0.3) is 0 Å². The predicted molar refractivity (Wildman–Crippen MR) is 225 cm³/mol. The van der Waals surface area contributed by atoms with Crippen LogP contribution in [0.25, 0.3) is 0 Å². The highest BCUT2D eigenvalue weighted by molar-refractivity contribution is 5.97. The van der Waals surface area contributed by atoms with Crippen LogP contribution in [-0.2, 0) is 0 Å². The van der Waals surface area contributed by atoms with Crippen molar-refractivity contribution in [1.82, 2.24) is 0 Å². The molecule has 0 aliphatic heterocycles. The molecule has 3 heteroatoms. The summed E-state index contributed by atoms with van der Waals surface area (Å²) in [5.41, 5.74) is 0.646. The van der Waals surface area contributed by atoms with Crippen molar-refractivity contribution in [2.24, 2.45) is 0 Å². The molecular formula is C48H88O3. The summed E-state index contributed by atoms with van der Waals surface area (Å²) in [6, 6.07) is 5.76. The summed E-state index contributed by atoms with van der Waals surface area (Å²) in [6.45, 7) is 7.56. The number of rotatable bonds is 41. The Hall–Kier alpha value is -1.51. The van der Waals surface area contributed by atoms with E-state index in [1.807, 2.05) is 18.2 Å². The van der Waals surface area contributed by atoms with Gasteiger partial charge >= 0.3 is 0 Å². The number of hydrogen-bond donors (Lipinski definition) is 0. The van der Waals surface area contributed by atoms with Crippen LogP contribution >= 0.6 is 0 Å². The molecule has 0 aliphatic carbocycles. The maximum atomic E-state index is 12.3. The highest BCUT2D eigenvalue weighted by Crippen LogP contribution is 2.32. The average Bonchev–Trinajstić information content (AvgIpc) is 3.13. The first kappa shape index (κ1) is 47.5. The lowest BCUT2D eigenvalue weighted by Crippen LogP contribution is -2.07. The van der Waals surface area contributed by atoms with Gasteiger partial charge in [0.15, 0.2) is 17.3 Å². The molecule has 0 aromatic heterocycles. The Labute approximate surface area is 319 Å². The van der Waals surface area contributed by atoms with Gasteiger partial charge in [0.05, 0.1) is 18.8 Å². The van der Waals surface area contributed by atoms with Gasteiger partial charge < -0.3 is 9.47 Å². The molecule has 3 nitrogen and oxygen atoms in total. The third kappa shape index (κ3) is 30.6. The fourth-order valence-corrected chi connectivity index (χ4v) is 7.42. The Morgan fingerprint density at radius 1 is 0.392 bits per heavy atom. The van der Waals surface area contributed by atoms with Crippen LogP contribution < -0.4 is 9.47 Å². The van der Waals surface area contributed by atoms with Gasteiger partial charge in [-0.1, -0.05) is 238 Å². The molecule has 0 radical (unpaired) electrons. The number of hydrogen-bond acceptors (Lipinski definition) is 3. The summed E-state index contributed by atoms with van der Waals surface area (Å²) in [4.78, 5) is 12.3. The Morgan fingerprint density at radius 2 is 0.667 bits per heavy atom. The van der Waals surface area contributed by atoms with E-state index in [4.69, 9.17) is 9.47 Å². The molecule has 0 N–H and O–H groups in total. The zero-order valence-corrected chi connectivity index (χ0v) is 34.8. The zero-order chi connectivity index (χ0) is 36.7. The third-order valence-corrected chi connectivity index (χ3v) is 10.9. The second kappa shape index (κ2) is 38.2. The van der Waals surface area contributed by atoms with E-state index in [-0.39, 0.29) is 5.78 Å². The monoisotopic (exact) mass is 713 g/mol. The first-order chi connectivity index (χ1) is 25.2. The number of Topliss-reactive ketones (excluding diaryl/α,β-unsaturated/α-hetero) is 1. The summed E-state index contributed by atoms with van der Waals surface area (Å²) < 4.78 is 12.4. The summed E-state index contributed by atoms with van der Waals surface area (Å²) in [5.74, 6) is 1.43. The number of ketones is 1. The maximum absolute atomic E-state index is 12.3. The lowest BCUT2D eigenvalue weighted by Gasteiger charge is -2.15. The first-order valence-corrected chi connectivity index (χ1v) is 23.1. The van der Waals surface area contributed by atoms with Gasteiger partial charge in [-0.3, -0.25) is 4.79 Å². The van der Waals surface area contributed by atoms with Crippen LogP contribution in [0.5, 0.6) is 11.5 Å². The van der Waals surface area contributed by atoms with Crippen LogP contribution in [0, 0.1) is 0 Å². The van der Waals surface area contributed by atoms with Gasteiger partial charge in [-0.05, 0) is 31.9 Å². The number of carbonyl (C=O) groups excluding carboxylic acids is 1. The van der Waals surface area contributed by atoms with Gasteiger partial charge in [0.1, 0.15) is 0 Å². The molecule has 0 aliphatic rings.